The molecule has 0 spiro atoms. The predicted molar refractivity (Wildman–Crippen MR) is 90.2 cm³/mol. The minimum Gasteiger partial charge on any atom is -0.462 e. The number of carbonyl (C=O) groups is 1. The quantitative estimate of drug-likeness (QED) is 0.574. The van der Waals surface area contributed by atoms with E-state index in [4.69, 9.17) is 16.3 Å². The summed E-state index contributed by atoms with van der Waals surface area (Å²) < 4.78 is 5.01. The van der Waals surface area contributed by atoms with Gasteiger partial charge < -0.3 is 10.1 Å². The summed E-state index contributed by atoms with van der Waals surface area (Å²) in [4.78, 5) is 20.2. The van der Waals surface area contributed by atoms with Crippen LogP contribution in [0.1, 0.15) is 17.3 Å². The van der Waals surface area contributed by atoms with Crippen molar-refractivity contribution >= 4 is 40.0 Å². The molecule has 0 radical (unpaired) electrons. The molecule has 0 aliphatic rings. The van der Waals surface area contributed by atoms with Crippen LogP contribution in [0.4, 0.5) is 11.5 Å². The normalized spacial score (nSPS) is 10.5. The van der Waals surface area contributed by atoms with Crippen LogP contribution in [-0.2, 0) is 4.74 Å². The van der Waals surface area contributed by atoms with Crippen molar-refractivity contribution in [3.05, 3.63) is 59.4 Å². The third-order valence-corrected chi connectivity index (χ3v) is 3.38. The van der Waals surface area contributed by atoms with E-state index in [0.29, 0.717) is 18.0 Å². The fraction of sp³-hybridized carbons (Fsp3) is 0.118. The summed E-state index contributed by atoms with van der Waals surface area (Å²) in [6.07, 6.45) is 0. The lowest BCUT2D eigenvalue weighted by Crippen LogP contribution is -2.05. The topological polar surface area (TPSA) is 64.1 Å². The van der Waals surface area contributed by atoms with Crippen LogP contribution in [0.5, 0.6) is 0 Å². The molecule has 3 aromatic rings. The first kappa shape index (κ1) is 15.2. The number of fused-ring (bicyclic) bond motifs is 1. The Kier molecular flexibility index (Phi) is 4.39. The molecule has 1 heterocycles. The predicted octanol–water partition coefficient (Wildman–Crippen LogP) is 4.20. The van der Waals surface area contributed by atoms with Gasteiger partial charge in [0.05, 0.1) is 17.7 Å². The Bertz CT molecular complexity index is 867. The van der Waals surface area contributed by atoms with Crippen LogP contribution in [0.15, 0.2) is 48.5 Å². The Balaban J connectivity index is 1.96. The van der Waals surface area contributed by atoms with E-state index in [0.717, 1.165) is 16.6 Å². The van der Waals surface area contributed by atoms with Gasteiger partial charge in [0.15, 0.2) is 0 Å². The Labute approximate surface area is 138 Å². The number of hydrogen-bond donors (Lipinski definition) is 1. The van der Waals surface area contributed by atoms with E-state index in [1.165, 1.54) is 0 Å². The highest BCUT2D eigenvalue weighted by Gasteiger charge is 2.09. The van der Waals surface area contributed by atoms with Gasteiger partial charge in [0.25, 0.3) is 0 Å². The largest absolute Gasteiger partial charge is 0.462 e. The molecule has 6 heteroatoms. The fourth-order valence-corrected chi connectivity index (χ4v) is 2.39. The Morgan fingerprint density at radius 2 is 2.00 bits per heavy atom. The van der Waals surface area contributed by atoms with Crippen molar-refractivity contribution in [3.8, 4) is 0 Å². The zero-order chi connectivity index (χ0) is 16.2. The maximum atomic E-state index is 11.8. The molecule has 0 saturated carbocycles. The number of para-hydroxylation sites is 1. The van der Waals surface area contributed by atoms with Gasteiger partial charge in [0.1, 0.15) is 5.82 Å². The van der Waals surface area contributed by atoms with Crippen LogP contribution in [0.3, 0.4) is 0 Å². The molecule has 0 atom stereocenters. The zero-order valence-corrected chi connectivity index (χ0v) is 13.2. The standard InChI is InChI=1S/C17H14ClN3O2/c1-2-23-16(22)11-6-5-7-12(10-11)19-15-13-8-3-4-9-14(13)20-17(18)21-15/h3-10H,2H2,1H3,(H,19,20,21). The van der Waals surface area contributed by atoms with Crippen LogP contribution >= 0.6 is 11.6 Å². The number of benzene rings is 2. The first-order chi connectivity index (χ1) is 11.2. The van der Waals surface area contributed by atoms with Gasteiger partial charge in [-0.25, -0.2) is 9.78 Å². The van der Waals surface area contributed by atoms with Gasteiger partial charge >= 0.3 is 5.97 Å². The number of halogens is 1. The molecule has 1 aromatic heterocycles. The van der Waals surface area contributed by atoms with Crippen LogP contribution < -0.4 is 5.32 Å². The van der Waals surface area contributed by atoms with Crippen molar-refractivity contribution < 1.29 is 9.53 Å². The highest BCUT2D eigenvalue weighted by Crippen LogP contribution is 2.25. The van der Waals surface area contributed by atoms with Crippen molar-refractivity contribution in [2.24, 2.45) is 0 Å². The average Bonchev–Trinajstić information content (AvgIpc) is 2.55. The van der Waals surface area contributed by atoms with E-state index >= 15 is 0 Å². The number of nitrogens with one attached hydrogen (secondary N) is 1. The molecular weight excluding hydrogens is 314 g/mol. The third-order valence-electron chi connectivity index (χ3n) is 3.21. The number of esters is 1. The third kappa shape index (κ3) is 3.40. The van der Waals surface area contributed by atoms with Crippen LogP contribution in [0.2, 0.25) is 5.28 Å². The molecule has 23 heavy (non-hydrogen) atoms. The van der Waals surface area contributed by atoms with E-state index in [9.17, 15) is 4.79 Å². The van der Waals surface area contributed by atoms with Crippen molar-refractivity contribution in [3.63, 3.8) is 0 Å². The lowest BCUT2D eigenvalue weighted by molar-refractivity contribution is 0.0526. The van der Waals surface area contributed by atoms with Gasteiger partial charge in [-0.1, -0.05) is 18.2 Å². The number of nitrogens with zero attached hydrogens (tertiary/aromatic N) is 2. The van der Waals surface area contributed by atoms with Gasteiger partial charge in [-0.2, -0.15) is 4.98 Å². The van der Waals surface area contributed by atoms with Gasteiger partial charge in [0, 0.05) is 11.1 Å². The van der Waals surface area contributed by atoms with E-state index < -0.39 is 0 Å². The Morgan fingerprint density at radius 1 is 1.17 bits per heavy atom. The number of ether oxygens (including phenoxy) is 1. The number of rotatable bonds is 4. The Morgan fingerprint density at radius 3 is 2.83 bits per heavy atom. The van der Waals surface area contributed by atoms with Gasteiger partial charge in [-0.3, -0.25) is 0 Å². The maximum Gasteiger partial charge on any atom is 0.338 e. The van der Waals surface area contributed by atoms with E-state index in [1.54, 1.807) is 25.1 Å². The fourth-order valence-electron chi connectivity index (χ4n) is 2.22. The molecule has 0 unspecified atom stereocenters. The second kappa shape index (κ2) is 6.62. The smallest absolute Gasteiger partial charge is 0.338 e. The van der Waals surface area contributed by atoms with E-state index in [2.05, 4.69) is 15.3 Å². The molecule has 5 nitrogen and oxygen atoms in total. The molecule has 0 fully saturated rings. The second-order valence-electron chi connectivity index (χ2n) is 4.78. The molecule has 0 saturated heterocycles. The summed E-state index contributed by atoms with van der Waals surface area (Å²) in [6, 6.07) is 14.6. The van der Waals surface area contributed by atoms with Crippen molar-refractivity contribution in [2.75, 3.05) is 11.9 Å². The highest BCUT2D eigenvalue weighted by molar-refractivity contribution is 6.28. The molecule has 0 aliphatic heterocycles. The minimum atomic E-state index is -0.360. The summed E-state index contributed by atoms with van der Waals surface area (Å²) >= 11 is 5.98. The van der Waals surface area contributed by atoms with Gasteiger partial charge in [-0.05, 0) is 48.9 Å². The summed E-state index contributed by atoms with van der Waals surface area (Å²) in [5.74, 6) is 0.225. The van der Waals surface area contributed by atoms with Crippen LogP contribution in [0.25, 0.3) is 10.9 Å². The van der Waals surface area contributed by atoms with E-state index in [1.807, 2.05) is 30.3 Å². The van der Waals surface area contributed by atoms with Crippen molar-refractivity contribution in [2.45, 2.75) is 6.92 Å². The SMILES string of the molecule is CCOC(=O)c1cccc(Nc2nc(Cl)nc3ccccc23)c1. The molecule has 116 valence electrons. The van der Waals surface area contributed by atoms with Crippen LogP contribution in [-0.4, -0.2) is 22.5 Å². The Hall–Kier alpha value is -2.66. The zero-order valence-electron chi connectivity index (χ0n) is 12.4. The number of carbonyl (C=O) groups excluding carboxylic acids is 1. The number of anilines is 2. The molecule has 2 aromatic carbocycles. The first-order valence-electron chi connectivity index (χ1n) is 7.14. The average molecular weight is 328 g/mol. The van der Waals surface area contributed by atoms with Gasteiger partial charge in [-0.15, -0.1) is 0 Å². The highest BCUT2D eigenvalue weighted by atomic mass is 35.5. The number of hydrogen-bond acceptors (Lipinski definition) is 5. The first-order valence-corrected chi connectivity index (χ1v) is 7.51. The summed E-state index contributed by atoms with van der Waals surface area (Å²) in [7, 11) is 0. The second-order valence-corrected chi connectivity index (χ2v) is 5.12. The molecule has 3 rings (SSSR count). The van der Waals surface area contributed by atoms with Crippen molar-refractivity contribution in [1.82, 2.24) is 9.97 Å². The molecule has 0 bridgehead atoms. The maximum absolute atomic E-state index is 11.8. The molecular formula is C17H14ClN3O2. The van der Waals surface area contributed by atoms with Gasteiger partial charge in [0.2, 0.25) is 5.28 Å². The minimum absolute atomic E-state index is 0.160. The number of aromatic nitrogens is 2. The molecule has 0 aliphatic carbocycles. The van der Waals surface area contributed by atoms with E-state index in [-0.39, 0.29) is 11.3 Å². The summed E-state index contributed by atoms with van der Waals surface area (Å²) in [5, 5.41) is 4.19. The molecule has 0 amide bonds. The lowest BCUT2D eigenvalue weighted by atomic mass is 10.2. The summed E-state index contributed by atoms with van der Waals surface area (Å²) in [5.41, 5.74) is 1.94. The molecule has 1 N–H and O–H groups in total. The van der Waals surface area contributed by atoms with Crippen LogP contribution in [0, 0.1) is 0 Å². The van der Waals surface area contributed by atoms with Crippen molar-refractivity contribution in [1.29, 1.82) is 0 Å². The summed E-state index contributed by atoms with van der Waals surface area (Å²) in [6.45, 7) is 2.11. The lowest BCUT2D eigenvalue weighted by Gasteiger charge is -2.10. The monoisotopic (exact) mass is 327 g/mol.